The van der Waals surface area contributed by atoms with E-state index in [1.54, 1.807) is 29.2 Å². The molecule has 1 amide bonds. The highest BCUT2D eigenvalue weighted by Crippen LogP contribution is 2.34. The van der Waals surface area contributed by atoms with E-state index < -0.39 is 0 Å². The van der Waals surface area contributed by atoms with E-state index in [9.17, 15) is 9.59 Å². The van der Waals surface area contributed by atoms with Gasteiger partial charge in [0.25, 0.3) is 5.91 Å². The zero-order valence-corrected chi connectivity index (χ0v) is 16.1. The Morgan fingerprint density at radius 3 is 2.50 bits per heavy atom. The molecule has 1 heterocycles. The predicted octanol–water partition coefficient (Wildman–Crippen LogP) is 5.30. The number of ketones is 1. The number of nitrogens with zero attached hydrogens (tertiary/aromatic N) is 1. The number of hydrogen-bond acceptors (Lipinski definition) is 3. The molecular weight excluding hydrogens is 350 g/mol. The third kappa shape index (κ3) is 3.38. The number of amides is 1. The Bertz CT molecular complexity index is 1020. The van der Waals surface area contributed by atoms with Crippen LogP contribution in [0.5, 0.6) is 0 Å². The van der Waals surface area contributed by atoms with Crippen molar-refractivity contribution in [1.29, 1.82) is 0 Å². The van der Waals surface area contributed by atoms with E-state index in [1.807, 2.05) is 25.2 Å². The molecule has 4 rings (SSSR count). The molecule has 0 bridgehead atoms. The maximum absolute atomic E-state index is 13.0. The molecule has 1 aromatic heterocycles. The lowest BCUT2D eigenvalue weighted by atomic mass is 9.87. The van der Waals surface area contributed by atoms with E-state index in [-0.39, 0.29) is 17.7 Å². The van der Waals surface area contributed by atoms with E-state index in [2.05, 4.69) is 18.2 Å². The fraction of sp³-hybridized carbons (Fsp3) is 0.250. The fourth-order valence-corrected chi connectivity index (χ4v) is 3.92. The van der Waals surface area contributed by atoms with E-state index >= 15 is 0 Å². The first-order valence-electron chi connectivity index (χ1n) is 9.61. The average molecular weight is 373 g/mol. The number of hydrogen-bond donors (Lipinski definition) is 0. The molecular formula is C24H23NO3. The summed E-state index contributed by atoms with van der Waals surface area (Å²) in [7, 11) is 1.85. The van der Waals surface area contributed by atoms with Crippen molar-refractivity contribution in [3.63, 3.8) is 0 Å². The third-order valence-corrected chi connectivity index (χ3v) is 5.52. The lowest BCUT2D eigenvalue weighted by molar-refractivity contribution is 0.0683. The minimum atomic E-state index is -0.117. The predicted molar refractivity (Wildman–Crippen MR) is 108 cm³/mol. The fourth-order valence-electron chi connectivity index (χ4n) is 3.92. The Morgan fingerprint density at radius 2 is 1.75 bits per heavy atom. The Balaban J connectivity index is 1.55. The lowest BCUT2D eigenvalue weighted by Crippen LogP contribution is -2.33. The molecule has 4 heteroatoms. The van der Waals surface area contributed by atoms with Crippen molar-refractivity contribution in [2.24, 2.45) is 0 Å². The van der Waals surface area contributed by atoms with Crippen LogP contribution in [-0.4, -0.2) is 23.6 Å². The van der Waals surface area contributed by atoms with Crippen LogP contribution in [-0.2, 0) is 6.42 Å². The summed E-state index contributed by atoms with van der Waals surface area (Å²) in [5.74, 6) is 0.858. The summed E-state index contributed by atoms with van der Waals surface area (Å²) in [5.41, 5.74) is 4.05. The molecule has 0 radical (unpaired) electrons. The van der Waals surface area contributed by atoms with E-state index in [4.69, 9.17) is 4.42 Å². The van der Waals surface area contributed by atoms with Crippen LogP contribution in [0, 0.1) is 0 Å². The minimum Gasteiger partial charge on any atom is -0.451 e. The molecule has 0 unspecified atom stereocenters. The zero-order chi connectivity index (χ0) is 19.7. The highest BCUT2D eigenvalue weighted by molar-refractivity contribution is 5.94. The summed E-state index contributed by atoms with van der Waals surface area (Å²) in [4.78, 5) is 26.2. The number of benzene rings is 2. The van der Waals surface area contributed by atoms with Gasteiger partial charge in [0, 0.05) is 18.2 Å². The molecule has 0 saturated heterocycles. The number of carbonyl (C=O) groups is 2. The molecule has 3 aromatic rings. The maximum atomic E-state index is 13.0. The summed E-state index contributed by atoms with van der Waals surface area (Å²) in [6.07, 6.45) is 3.10. The van der Waals surface area contributed by atoms with Crippen molar-refractivity contribution < 1.29 is 14.0 Å². The van der Waals surface area contributed by atoms with Gasteiger partial charge in [-0.2, -0.15) is 0 Å². The molecule has 28 heavy (non-hydrogen) atoms. The van der Waals surface area contributed by atoms with Crippen LogP contribution < -0.4 is 0 Å². The number of furan rings is 1. The van der Waals surface area contributed by atoms with E-state index in [1.165, 1.54) is 18.1 Å². The Hall–Kier alpha value is -3.14. The summed E-state index contributed by atoms with van der Waals surface area (Å²) >= 11 is 0. The number of rotatable bonds is 4. The highest BCUT2D eigenvalue weighted by Gasteiger charge is 2.28. The van der Waals surface area contributed by atoms with Gasteiger partial charge in [0.1, 0.15) is 5.76 Å². The first-order valence-corrected chi connectivity index (χ1v) is 9.61. The standard InChI is InChI=1S/C24H23NO3/c1-16(26)17-10-12-19(13-11-17)22-14-15-23(28-22)24(27)25(2)21-9-5-7-18-6-3-4-8-20(18)21/h3-4,6,8,10-15,21H,5,7,9H2,1-2H3/t21-/m1/s1. The number of fused-ring (bicyclic) bond motifs is 1. The van der Waals surface area contributed by atoms with Gasteiger partial charge in [-0.25, -0.2) is 0 Å². The zero-order valence-electron chi connectivity index (χ0n) is 16.1. The van der Waals surface area contributed by atoms with Gasteiger partial charge in [-0.3, -0.25) is 9.59 Å². The van der Waals surface area contributed by atoms with Crippen LogP contribution >= 0.6 is 0 Å². The molecule has 1 aliphatic rings. The number of carbonyl (C=O) groups excluding carboxylic acids is 2. The first-order chi connectivity index (χ1) is 13.5. The smallest absolute Gasteiger partial charge is 0.289 e. The normalized spacial score (nSPS) is 15.7. The summed E-state index contributed by atoms with van der Waals surface area (Å²) in [5, 5.41) is 0. The monoisotopic (exact) mass is 373 g/mol. The molecule has 4 nitrogen and oxygen atoms in total. The second-order valence-corrected chi connectivity index (χ2v) is 7.32. The maximum Gasteiger partial charge on any atom is 0.289 e. The molecule has 1 atom stereocenters. The van der Waals surface area contributed by atoms with Gasteiger partial charge < -0.3 is 9.32 Å². The molecule has 0 saturated carbocycles. The summed E-state index contributed by atoms with van der Waals surface area (Å²) < 4.78 is 5.86. The van der Waals surface area contributed by atoms with Crippen LogP contribution in [0.1, 0.15) is 57.8 Å². The Kier molecular flexibility index (Phi) is 4.86. The Morgan fingerprint density at radius 1 is 1.00 bits per heavy atom. The minimum absolute atomic E-state index is 0.0243. The van der Waals surface area contributed by atoms with Gasteiger partial charge in [0.2, 0.25) is 0 Å². The highest BCUT2D eigenvalue weighted by atomic mass is 16.4. The molecule has 142 valence electrons. The van der Waals surface area contributed by atoms with Crippen molar-refractivity contribution in [2.75, 3.05) is 7.05 Å². The SMILES string of the molecule is CC(=O)c1ccc(-c2ccc(C(=O)N(C)[C@@H]3CCCc4ccccc43)o2)cc1. The topological polar surface area (TPSA) is 50.5 Å². The second-order valence-electron chi connectivity index (χ2n) is 7.32. The Labute approximate surface area is 164 Å². The van der Waals surface area contributed by atoms with Gasteiger partial charge in [0.15, 0.2) is 11.5 Å². The van der Waals surface area contributed by atoms with Crippen LogP contribution in [0.25, 0.3) is 11.3 Å². The summed E-state index contributed by atoms with van der Waals surface area (Å²) in [6, 6.07) is 19.2. The van der Waals surface area contributed by atoms with Crippen molar-refractivity contribution in [3.05, 3.63) is 83.1 Å². The molecule has 2 aromatic carbocycles. The molecule has 0 aliphatic heterocycles. The van der Waals surface area contributed by atoms with Crippen molar-refractivity contribution >= 4 is 11.7 Å². The van der Waals surface area contributed by atoms with Crippen molar-refractivity contribution in [3.8, 4) is 11.3 Å². The lowest BCUT2D eigenvalue weighted by Gasteiger charge is -2.32. The van der Waals surface area contributed by atoms with Gasteiger partial charge >= 0.3 is 0 Å². The van der Waals surface area contributed by atoms with E-state index in [0.717, 1.165) is 24.8 Å². The molecule has 0 N–H and O–H groups in total. The molecule has 0 spiro atoms. The van der Waals surface area contributed by atoms with Crippen LogP contribution in [0.2, 0.25) is 0 Å². The largest absolute Gasteiger partial charge is 0.451 e. The average Bonchev–Trinajstić information content (AvgIpc) is 3.22. The van der Waals surface area contributed by atoms with Gasteiger partial charge in [-0.1, -0.05) is 48.5 Å². The van der Waals surface area contributed by atoms with Gasteiger partial charge in [-0.15, -0.1) is 0 Å². The second kappa shape index (κ2) is 7.47. The van der Waals surface area contributed by atoms with Crippen molar-refractivity contribution in [2.45, 2.75) is 32.2 Å². The van der Waals surface area contributed by atoms with Gasteiger partial charge in [-0.05, 0) is 49.4 Å². The third-order valence-electron chi connectivity index (χ3n) is 5.52. The van der Waals surface area contributed by atoms with Crippen LogP contribution in [0.15, 0.2) is 65.1 Å². The first kappa shape index (κ1) is 18.2. The molecule has 1 aliphatic carbocycles. The quantitative estimate of drug-likeness (QED) is 0.583. The summed E-state index contributed by atoms with van der Waals surface area (Å²) in [6.45, 7) is 1.54. The number of aryl methyl sites for hydroxylation is 1. The van der Waals surface area contributed by atoms with Crippen LogP contribution in [0.4, 0.5) is 0 Å². The van der Waals surface area contributed by atoms with E-state index in [0.29, 0.717) is 17.1 Å². The van der Waals surface area contributed by atoms with Crippen molar-refractivity contribution in [1.82, 2.24) is 4.90 Å². The van der Waals surface area contributed by atoms with Gasteiger partial charge in [0.05, 0.1) is 6.04 Å². The number of Topliss-reactive ketones (excluding diaryl/α,β-unsaturated/α-hetero) is 1. The van der Waals surface area contributed by atoms with Crippen LogP contribution in [0.3, 0.4) is 0 Å². The molecule has 0 fully saturated rings.